The van der Waals surface area contributed by atoms with Crippen molar-refractivity contribution in [2.24, 2.45) is 0 Å². The number of likely N-dealkylation sites (tertiary alicyclic amines) is 2. The number of aliphatic hydroxyl groups is 1. The number of carboxylic acids is 1. The Bertz CT molecular complexity index is 340. The summed E-state index contributed by atoms with van der Waals surface area (Å²) >= 11 is 0. The van der Waals surface area contributed by atoms with Gasteiger partial charge in [-0.3, -0.25) is 14.5 Å². The molecule has 0 bridgehead atoms. The van der Waals surface area contributed by atoms with E-state index in [1.165, 1.54) is 0 Å². The van der Waals surface area contributed by atoms with E-state index < -0.39 is 18.1 Å². The second kappa shape index (κ2) is 6.34. The van der Waals surface area contributed by atoms with Gasteiger partial charge in [-0.1, -0.05) is 12.8 Å². The van der Waals surface area contributed by atoms with Crippen LogP contribution in [0.2, 0.25) is 0 Å². The van der Waals surface area contributed by atoms with Crippen LogP contribution in [0.3, 0.4) is 0 Å². The predicted molar refractivity (Wildman–Crippen MR) is 68.7 cm³/mol. The molecular formula is C13H22N2O4. The fraction of sp³-hybridized carbons (Fsp3) is 0.846. The summed E-state index contributed by atoms with van der Waals surface area (Å²) in [6.45, 7) is 1.92. The van der Waals surface area contributed by atoms with Gasteiger partial charge in [0.15, 0.2) is 0 Å². The Balaban J connectivity index is 1.91. The Hall–Kier alpha value is -1.14. The molecule has 2 rings (SSSR count). The highest BCUT2D eigenvalue weighted by Gasteiger charge is 2.37. The van der Waals surface area contributed by atoms with E-state index in [9.17, 15) is 14.7 Å². The lowest BCUT2D eigenvalue weighted by Crippen LogP contribution is -2.45. The Labute approximate surface area is 113 Å². The second-order valence-corrected chi connectivity index (χ2v) is 5.47. The van der Waals surface area contributed by atoms with E-state index in [1.807, 2.05) is 4.90 Å². The quantitative estimate of drug-likeness (QED) is 0.749. The first-order valence-corrected chi connectivity index (χ1v) is 7.00. The summed E-state index contributed by atoms with van der Waals surface area (Å²) in [7, 11) is 0. The van der Waals surface area contributed by atoms with E-state index in [0.717, 1.165) is 38.8 Å². The molecule has 108 valence electrons. The van der Waals surface area contributed by atoms with Gasteiger partial charge in [0.05, 0.1) is 12.6 Å². The summed E-state index contributed by atoms with van der Waals surface area (Å²) in [6, 6.07) is -0.731. The van der Waals surface area contributed by atoms with Gasteiger partial charge < -0.3 is 15.1 Å². The molecule has 19 heavy (non-hydrogen) atoms. The highest BCUT2D eigenvalue weighted by atomic mass is 16.4. The van der Waals surface area contributed by atoms with E-state index in [0.29, 0.717) is 0 Å². The molecular weight excluding hydrogens is 248 g/mol. The zero-order valence-electron chi connectivity index (χ0n) is 11.1. The minimum absolute atomic E-state index is 0.0118. The van der Waals surface area contributed by atoms with E-state index in [2.05, 4.69) is 0 Å². The number of amides is 1. The van der Waals surface area contributed by atoms with Crippen LogP contribution in [0, 0.1) is 0 Å². The Kier molecular flexibility index (Phi) is 4.76. The Morgan fingerprint density at radius 1 is 1.11 bits per heavy atom. The first-order chi connectivity index (χ1) is 9.08. The molecule has 2 saturated heterocycles. The number of hydrogen-bond donors (Lipinski definition) is 2. The molecule has 2 aliphatic rings. The smallest absolute Gasteiger partial charge is 0.321 e. The van der Waals surface area contributed by atoms with Crippen molar-refractivity contribution in [2.45, 2.75) is 44.2 Å². The molecule has 2 atom stereocenters. The van der Waals surface area contributed by atoms with Crippen molar-refractivity contribution in [1.82, 2.24) is 9.80 Å². The first kappa shape index (κ1) is 14.3. The van der Waals surface area contributed by atoms with Crippen LogP contribution >= 0.6 is 0 Å². The van der Waals surface area contributed by atoms with E-state index >= 15 is 0 Å². The number of nitrogens with zero attached hydrogens (tertiary/aromatic N) is 2. The van der Waals surface area contributed by atoms with Crippen molar-refractivity contribution in [3.8, 4) is 0 Å². The lowest BCUT2D eigenvalue weighted by molar-refractivity contribution is -0.143. The largest absolute Gasteiger partial charge is 0.480 e. The van der Waals surface area contributed by atoms with Crippen LogP contribution in [0.25, 0.3) is 0 Å². The van der Waals surface area contributed by atoms with Crippen LogP contribution in [-0.4, -0.2) is 70.2 Å². The number of β-amino-alcohol motifs (C(OH)–C–C–N with tert-alkyl or cyclic N) is 1. The molecule has 2 N–H and O–H groups in total. The lowest BCUT2D eigenvalue weighted by Gasteiger charge is -2.25. The molecule has 2 fully saturated rings. The van der Waals surface area contributed by atoms with Crippen LogP contribution in [-0.2, 0) is 9.59 Å². The molecule has 0 aliphatic carbocycles. The molecule has 6 nitrogen and oxygen atoms in total. The van der Waals surface area contributed by atoms with Crippen molar-refractivity contribution in [2.75, 3.05) is 26.2 Å². The summed E-state index contributed by atoms with van der Waals surface area (Å²) in [5.41, 5.74) is 0. The van der Waals surface area contributed by atoms with Crippen molar-refractivity contribution in [1.29, 1.82) is 0 Å². The van der Waals surface area contributed by atoms with Gasteiger partial charge in [-0.2, -0.15) is 0 Å². The van der Waals surface area contributed by atoms with Gasteiger partial charge in [0.1, 0.15) is 6.04 Å². The number of rotatable bonds is 3. The molecule has 1 amide bonds. The fourth-order valence-electron chi connectivity index (χ4n) is 2.90. The van der Waals surface area contributed by atoms with Crippen LogP contribution in [0.4, 0.5) is 0 Å². The zero-order valence-corrected chi connectivity index (χ0v) is 11.1. The maximum Gasteiger partial charge on any atom is 0.321 e. The number of aliphatic hydroxyl groups excluding tert-OH is 1. The number of carboxylic acid groups (broad SMARTS) is 1. The number of aliphatic carboxylic acids is 1. The van der Waals surface area contributed by atoms with Gasteiger partial charge in [-0.25, -0.2) is 0 Å². The zero-order chi connectivity index (χ0) is 13.8. The topological polar surface area (TPSA) is 81.1 Å². The second-order valence-electron chi connectivity index (χ2n) is 5.47. The molecule has 6 heteroatoms. The third-order valence-electron chi connectivity index (χ3n) is 3.96. The van der Waals surface area contributed by atoms with Gasteiger partial charge >= 0.3 is 5.97 Å². The van der Waals surface area contributed by atoms with Crippen LogP contribution in [0.15, 0.2) is 0 Å². The fourth-order valence-corrected chi connectivity index (χ4v) is 2.90. The molecule has 0 spiro atoms. The maximum atomic E-state index is 12.2. The minimum atomic E-state index is -0.958. The SMILES string of the molecule is O=C(O)C1CC(O)CN1CC(=O)N1CCCCCC1. The average Bonchev–Trinajstić information content (AvgIpc) is 2.58. The van der Waals surface area contributed by atoms with Gasteiger partial charge in [-0.05, 0) is 12.8 Å². The van der Waals surface area contributed by atoms with Gasteiger partial charge in [0.25, 0.3) is 0 Å². The summed E-state index contributed by atoms with van der Waals surface area (Å²) in [5.74, 6) is -0.970. The van der Waals surface area contributed by atoms with Gasteiger partial charge in [0, 0.05) is 26.1 Å². The number of hydrogen-bond acceptors (Lipinski definition) is 4. The molecule has 0 aromatic rings. The van der Waals surface area contributed by atoms with E-state index in [1.54, 1.807) is 4.90 Å². The third kappa shape index (κ3) is 3.67. The molecule has 0 saturated carbocycles. The van der Waals surface area contributed by atoms with Gasteiger partial charge in [-0.15, -0.1) is 0 Å². The summed E-state index contributed by atoms with van der Waals surface area (Å²) < 4.78 is 0. The Morgan fingerprint density at radius 3 is 2.32 bits per heavy atom. The number of carbonyl (C=O) groups excluding carboxylic acids is 1. The van der Waals surface area contributed by atoms with Crippen molar-refractivity contribution in [3.05, 3.63) is 0 Å². The normalized spacial score (nSPS) is 29.2. The molecule has 2 heterocycles. The minimum Gasteiger partial charge on any atom is -0.480 e. The van der Waals surface area contributed by atoms with E-state index in [4.69, 9.17) is 5.11 Å². The standard InChI is InChI=1S/C13H22N2O4/c16-10-7-11(13(18)19)15(8-10)9-12(17)14-5-3-1-2-4-6-14/h10-11,16H,1-9H2,(H,18,19). The Morgan fingerprint density at radius 2 is 1.74 bits per heavy atom. The lowest BCUT2D eigenvalue weighted by atomic mass is 10.2. The maximum absolute atomic E-state index is 12.2. The average molecular weight is 270 g/mol. The molecule has 0 aromatic carbocycles. The molecule has 0 radical (unpaired) electrons. The molecule has 2 unspecified atom stereocenters. The first-order valence-electron chi connectivity index (χ1n) is 7.00. The highest BCUT2D eigenvalue weighted by Crippen LogP contribution is 2.18. The van der Waals surface area contributed by atoms with E-state index in [-0.39, 0.29) is 25.4 Å². The number of carbonyl (C=O) groups is 2. The van der Waals surface area contributed by atoms with Crippen molar-refractivity contribution >= 4 is 11.9 Å². The van der Waals surface area contributed by atoms with Crippen LogP contribution in [0.1, 0.15) is 32.1 Å². The molecule has 2 aliphatic heterocycles. The third-order valence-corrected chi connectivity index (χ3v) is 3.96. The predicted octanol–water partition coefficient (Wildman–Crippen LogP) is -0.0912. The molecule has 0 aromatic heterocycles. The van der Waals surface area contributed by atoms with Crippen molar-refractivity contribution in [3.63, 3.8) is 0 Å². The monoisotopic (exact) mass is 270 g/mol. The van der Waals surface area contributed by atoms with Crippen molar-refractivity contribution < 1.29 is 19.8 Å². The summed E-state index contributed by atoms with van der Waals surface area (Å²) in [6.07, 6.45) is 3.93. The highest BCUT2D eigenvalue weighted by molar-refractivity contribution is 5.80. The van der Waals surface area contributed by atoms with Crippen LogP contribution in [0.5, 0.6) is 0 Å². The summed E-state index contributed by atoms with van der Waals surface area (Å²) in [4.78, 5) is 26.7. The van der Waals surface area contributed by atoms with Gasteiger partial charge in [0.2, 0.25) is 5.91 Å². The summed E-state index contributed by atoms with van der Waals surface area (Å²) in [5, 5.41) is 18.6. The van der Waals surface area contributed by atoms with Crippen LogP contribution < -0.4 is 0 Å².